The van der Waals surface area contributed by atoms with E-state index in [1.165, 1.54) is 48.5 Å². The van der Waals surface area contributed by atoms with Crippen LogP contribution in [0.1, 0.15) is 5.76 Å². The topological polar surface area (TPSA) is 139 Å². The molecule has 0 amide bonds. The van der Waals surface area contributed by atoms with E-state index in [4.69, 9.17) is 16.7 Å². The molecule has 3 rings (SSSR count). The molecule has 10 nitrogen and oxygen atoms in total. The zero-order chi connectivity index (χ0) is 21.0. The molecule has 3 aromatic rings. The first-order valence-corrected chi connectivity index (χ1v) is 10.0. The second kappa shape index (κ2) is 8.24. The third kappa shape index (κ3) is 5.27. The quantitative estimate of drug-likeness (QED) is 0.303. The van der Waals surface area contributed by atoms with Crippen molar-refractivity contribution >= 4 is 50.2 Å². The molecule has 0 fully saturated rings. The van der Waals surface area contributed by atoms with Gasteiger partial charge >= 0.3 is 0 Å². The Kier molecular flexibility index (Phi) is 5.75. The summed E-state index contributed by atoms with van der Waals surface area (Å²) in [4.78, 5) is 10.3. The van der Waals surface area contributed by atoms with Crippen LogP contribution >= 0.6 is 12.2 Å². The van der Waals surface area contributed by atoms with Gasteiger partial charge in [-0.1, -0.05) is 11.2 Å². The highest BCUT2D eigenvalue weighted by Crippen LogP contribution is 2.20. The number of nitrogens with one attached hydrogen (secondary N) is 3. The fourth-order valence-corrected chi connectivity index (χ4v) is 3.54. The van der Waals surface area contributed by atoms with Crippen LogP contribution in [0.2, 0.25) is 0 Å². The molecule has 0 atom stereocenters. The number of thiocarbonyl (C=S) groups is 1. The lowest BCUT2D eigenvalue weighted by atomic mass is 10.3. The molecule has 3 N–H and O–H groups in total. The normalized spacial score (nSPS) is 10.9. The summed E-state index contributed by atoms with van der Waals surface area (Å²) in [7, 11) is -3.82. The van der Waals surface area contributed by atoms with Gasteiger partial charge in [-0.3, -0.25) is 14.8 Å². The number of non-ortho nitro benzene ring substituents is 1. The molecule has 0 radical (unpaired) electrons. The number of hydrogen-bond donors (Lipinski definition) is 3. The van der Waals surface area contributed by atoms with Crippen LogP contribution in [0.3, 0.4) is 0 Å². The maximum atomic E-state index is 12.4. The average molecular weight is 433 g/mol. The summed E-state index contributed by atoms with van der Waals surface area (Å²) in [6.45, 7) is 1.65. The summed E-state index contributed by atoms with van der Waals surface area (Å²) in [5.74, 6) is 0.569. The molecule has 29 heavy (non-hydrogen) atoms. The summed E-state index contributed by atoms with van der Waals surface area (Å²) in [6, 6.07) is 13.2. The van der Waals surface area contributed by atoms with Crippen molar-refractivity contribution in [2.75, 3.05) is 15.4 Å². The van der Waals surface area contributed by atoms with E-state index in [9.17, 15) is 18.5 Å². The third-order valence-corrected chi connectivity index (χ3v) is 5.18. The highest BCUT2D eigenvalue weighted by molar-refractivity contribution is 7.92. The first-order valence-electron chi connectivity index (χ1n) is 8.11. The molecule has 12 heteroatoms. The molecule has 0 saturated heterocycles. The maximum absolute atomic E-state index is 12.4. The number of anilines is 3. The summed E-state index contributed by atoms with van der Waals surface area (Å²) in [6.07, 6.45) is 0. The van der Waals surface area contributed by atoms with E-state index >= 15 is 0 Å². The number of hydrogen-bond acceptors (Lipinski definition) is 7. The van der Waals surface area contributed by atoms with Crippen LogP contribution in [-0.4, -0.2) is 23.6 Å². The van der Waals surface area contributed by atoms with Crippen LogP contribution < -0.4 is 15.4 Å². The second-order valence-electron chi connectivity index (χ2n) is 5.84. The van der Waals surface area contributed by atoms with Crippen LogP contribution in [0, 0.1) is 17.0 Å². The number of benzene rings is 2. The van der Waals surface area contributed by atoms with E-state index < -0.39 is 14.9 Å². The Bertz CT molecular complexity index is 1160. The molecule has 1 aromatic heterocycles. The number of sulfonamides is 1. The minimum atomic E-state index is -3.82. The van der Waals surface area contributed by atoms with E-state index in [0.717, 1.165) is 0 Å². The van der Waals surface area contributed by atoms with Gasteiger partial charge in [-0.25, -0.2) is 8.42 Å². The fraction of sp³-hybridized carbons (Fsp3) is 0.0588. The van der Waals surface area contributed by atoms with Crippen molar-refractivity contribution in [2.45, 2.75) is 11.8 Å². The van der Waals surface area contributed by atoms with Gasteiger partial charge in [0.05, 0.1) is 9.82 Å². The minimum Gasteiger partial charge on any atom is -0.360 e. The molecule has 0 saturated carbocycles. The molecule has 150 valence electrons. The smallest absolute Gasteiger partial charge is 0.271 e. The van der Waals surface area contributed by atoms with Crippen LogP contribution in [-0.2, 0) is 10.0 Å². The lowest BCUT2D eigenvalue weighted by Crippen LogP contribution is -2.19. The van der Waals surface area contributed by atoms with Gasteiger partial charge < -0.3 is 15.2 Å². The minimum absolute atomic E-state index is 0.0289. The second-order valence-corrected chi connectivity index (χ2v) is 7.93. The summed E-state index contributed by atoms with van der Waals surface area (Å²) < 4.78 is 31.9. The first-order chi connectivity index (χ1) is 13.7. The molecule has 1 heterocycles. The maximum Gasteiger partial charge on any atom is 0.271 e. The Balaban J connectivity index is 1.64. The van der Waals surface area contributed by atoms with Gasteiger partial charge in [0, 0.05) is 29.6 Å². The molecule has 0 aliphatic rings. The molecule has 2 aromatic carbocycles. The number of rotatable bonds is 6. The predicted molar refractivity (Wildman–Crippen MR) is 111 cm³/mol. The van der Waals surface area contributed by atoms with Gasteiger partial charge in [0.15, 0.2) is 10.9 Å². The Morgan fingerprint density at radius 3 is 2.41 bits per heavy atom. The van der Waals surface area contributed by atoms with E-state index in [1.807, 2.05) is 0 Å². The Labute approximate surface area is 171 Å². The lowest BCUT2D eigenvalue weighted by Gasteiger charge is -2.11. The molecular weight excluding hydrogens is 418 g/mol. The largest absolute Gasteiger partial charge is 0.360 e. The molecular formula is C17H15N5O5S2. The molecule has 0 spiro atoms. The SMILES string of the molecule is Cc1cc(NS(=O)(=O)c2ccc(NC(=S)Nc3cccc([N+](=O)[O-])c3)cc2)no1. The highest BCUT2D eigenvalue weighted by Gasteiger charge is 2.16. The molecule has 0 aliphatic heterocycles. The van der Waals surface area contributed by atoms with Crippen LogP contribution in [0.5, 0.6) is 0 Å². The number of aryl methyl sites for hydroxylation is 1. The monoisotopic (exact) mass is 433 g/mol. The standard InChI is InChI=1S/C17H15N5O5S2/c1-11-9-16(20-27-11)21-29(25,26)15-7-5-12(6-8-15)18-17(28)19-13-3-2-4-14(10-13)22(23)24/h2-10H,1H3,(H,20,21)(H2,18,19,28). The van der Waals surface area contributed by atoms with Crippen LogP contribution in [0.4, 0.5) is 22.9 Å². The Morgan fingerprint density at radius 2 is 1.79 bits per heavy atom. The zero-order valence-electron chi connectivity index (χ0n) is 14.9. The van der Waals surface area contributed by atoms with Crippen molar-refractivity contribution in [3.05, 3.63) is 70.5 Å². The van der Waals surface area contributed by atoms with Crippen LogP contribution in [0.15, 0.2) is 64.0 Å². The summed E-state index contributed by atoms with van der Waals surface area (Å²) in [5.41, 5.74) is 0.911. The number of nitro benzene ring substituents is 1. The van der Waals surface area contributed by atoms with Gasteiger partial charge in [0.25, 0.3) is 15.7 Å². The number of aromatic nitrogens is 1. The predicted octanol–water partition coefficient (Wildman–Crippen LogP) is 3.50. The first kappa shape index (κ1) is 20.2. The fourth-order valence-electron chi connectivity index (χ4n) is 2.32. The zero-order valence-corrected chi connectivity index (χ0v) is 16.6. The molecule has 0 unspecified atom stereocenters. The van der Waals surface area contributed by atoms with Crippen molar-refractivity contribution in [1.82, 2.24) is 5.16 Å². The van der Waals surface area contributed by atoms with Crippen molar-refractivity contribution in [3.63, 3.8) is 0 Å². The van der Waals surface area contributed by atoms with Gasteiger partial charge in [-0.15, -0.1) is 0 Å². The Hall–Kier alpha value is -3.51. The summed E-state index contributed by atoms with van der Waals surface area (Å²) >= 11 is 5.18. The summed E-state index contributed by atoms with van der Waals surface area (Å²) in [5, 5.41) is 20.3. The van der Waals surface area contributed by atoms with Crippen molar-refractivity contribution in [1.29, 1.82) is 0 Å². The highest BCUT2D eigenvalue weighted by atomic mass is 32.2. The Morgan fingerprint density at radius 1 is 1.10 bits per heavy atom. The van der Waals surface area contributed by atoms with Gasteiger partial charge in [0.1, 0.15) is 5.76 Å². The van der Waals surface area contributed by atoms with Gasteiger partial charge in [-0.05, 0) is 49.5 Å². The van der Waals surface area contributed by atoms with Crippen molar-refractivity contribution in [2.24, 2.45) is 0 Å². The molecule has 0 aliphatic carbocycles. The van der Waals surface area contributed by atoms with Gasteiger partial charge in [0.2, 0.25) is 0 Å². The number of nitro groups is 1. The molecule has 0 bridgehead atoms. The van der Waals surface area contributed by atoms with E-state index in [2.05, 4.69) is 20.5 Å². The van der Waals surface area contributed by atoms with E-state index in [1.54, 1.807) is 13.0 Å². The van der Waals surface area contributed by atoms with Crippen molar-refractivity contribution in [3.8, 4) is 0 Å². The lowest BCUT2D eigenvalue weighted by molar-refractivity contribution is -0.384. The average Bonchev–Trinajstić information content (AvgIpc) is 3.06. The van der Waals surface area contributed by atoms with E-state index in [0.29, 0.717) is 17.1 Å². The van der Waals surface area contributed by atoms with Gasteiger partial charge in [-0.2, -0.15) is 0 Å². The van der Waals surface area contributed by atoms with Crippen LogP contribution in [0.25, 0.3) is 0 Å². The third-order valence-electron chi connectivity index (χ3n) is 3.60. The van der Waals surface area contributed by atoms with Crippen molar-refractivity contribution < 1.29 is 17.9 Å². The number of nitrogens with zero attached hydrogens (tertiary/aromatic N) is 2. The van der Waals surface area contributed by atoms with E-state index in [-0.39, 0.29) is 21.5 Å².